The molecular weight excluding hydrogens is 525 g/mol. The van der Waals surface area contributed by atoms with Gasteiger partial charge >= 0.3 is 6.18 Å². The predicted octanol–water partition coefficient (Wildman–Crippen LogP) is 7.08. The summed E-state index contributed by atoms with van der Waals surface area (Å²) in [4.78, 5) is 28.7. The van der Waals surface area contributed by atoms with E-state index in [4.69, 9.17) is 0 Å². The second-order valence-corrected chi connectivity index (χ2v) is 10.9. The number of benzene rings is 2. The van der Waals surface area contributed by atoms with E-state index in [2.05, 4.69) is 19.9 Å². The largest absolute Gasteiger partial charge is 0.417 e. The quantitative estimate of drug-likeness (QED) is 0.227. The van der Waals surface area contributed by atoms with Crippen LogP contribution in [0.25, 0.3) is 11.3 Å². The first kappa shape index (κ1) is 28.6. The van der Waals surface area contributed by atoms with Gasteiger partial charge in [0.1, 0.15) is 5.82 Å². The van der Waals surface area contributed by atoms with Crippen LogP contribution in [0.15, 0.2) is 73.2 Å². The lowest BCUT2D eigenvalue weighted by atomic mass is 9.89. The van der Waals surface area contributed by atoms with Crippen molar-refractivity contribution in [3.63, 3.8) is 0 Å². The number of carbonyl (C=O) groups is 1. The molecule has 1 atom stereocenters. The Morgan fingerprint density at radius 2 is 1.90 bits per heavy atom. The third kappa shape index (κ3) is 7.06. The summed E-state index contributed by atoms with van der Waals surface area (Å²) in [6.07, 6.45) is 3.68. The highest BCUT2D eigenvalue weighted by Crippen LogP contribution is 2.36. The Hall–Kier alpha value is -3.91. The molecule has 0 amide bonds. The van der Waals surface area contributed by atoms with Crippen molar-refractivity contribution in [2.75, 3.05) is 20.1 Å². The van der Waals surface area contributed by atoms with Crippen molar-refractivity contribution in [1.29, 1.82) is 0 Å². The average Bonchev–Trinajstić information content (AvgIpc) is 3.19. The number of hydrogen-bond donors (Lipinski definition) is 0. The van der Waals surface area contributed by atoms with Gasteiger partial charge in [-0.2, -0.15) is 13.2 Å². The van der Waals surface area contributed by atoms with E-state index in [1.165, 1.54) is 12.1 Å². The molecule has 0 radical (unpaired) electrons. The number of Topliss-reactive ketones (excluding diaryl/α,β-unsaturated/α-hetero) is 1. The summed E-state index contributed by atoms with van der Waals surface area (Å²) in [5.74, 6) is 0.0785. The molecule has 0 aliphatic carbocycles. The molecule has 1 aliphatic rings. The van der Waals surface area contributed by atoms with Crippen molar-refractivity contribution >= 4 is 5.78 Å². The van der Waals surface area contributed by atoms with E-state index in [1.807, 2.05) is 44.3 Å². The van der Waals surface area contributed by atoms with E-state index in [1.54, 1.807) is 30.7 Å². The monoisotopic (exact) mass is 558 g/mol. The van der Waals surface area contributed by atoms with Crippen LogP contribution in [0.4, 0.5) is 13.2 Å². The van der Waals surface area contributed by atoms with Gasteiger partial charge in [-0.15, -0.1) is 0 Å². The van der Waals surface area contributed by atoms with Crippen LogP contribution in [0.2, 0.25) is 0 Å². The van der Waals surface area contributed by atoms with Crippen LogP contribution in [0.3, 0.4) is 0 Å². The van der Waals surface area contributed by atoms with Crippen molar-refractivity contribution in [3.8, 4) is 11.3 Å². The van der Waals surface area contributed by atoms with Crippen molar-refractivity contribution in [2.24, 2.45) is 0 Å². The lowest BCUT2D eigenvalue weighted by molar-refractivity contribution is -0.138. The van der Waals surface area contributed by atoms with E-state index >= 15 is 0 Å². The zero-order valence-corrected chi connectivity index (χ0v) is 23.3. The Morgan fingerprint density at radius 1 is 1.05 bits per heavy atom. The second kappa shape index (κ2) is 12.3. The standard InChI is InChI=1S/C33H33F3N4O/c1-22-8-9-23(16-27(22)19-32-38-14-12-30(39-32)25-7-5-13-37-20-25)17-31(41)28-11-10-24(18-29(28)33(34,35)36)26-6-3-4-15-40(2)21-26/h5,7-14,16,18,20,26H,3-4,6,15,17,19,21H2,1-2H3. The molecule has 2 aromatic carbocycles. The molecule has 0 saturated carbocycles. The second-order valence-electron chi connectivity index (χ2n) is 10.9. The number of aromatic nitrogens is 3. The van der Waals surface area contributed by atoms with Gasteiger partial charge in [-0.1, -0.05) is 36.8 Å². The maximum atomic E-state index is 14.2. The fourth-order valence-corrected chi connectivity index (χ4v) is 5.53. The van der Waals surface area contributed by atoms with Gasteiger partial charge in [-0.05, 0) is 85.8 Å². The minimum absolute atomic E-state index is 0.0197. The van der Waals surface area contributed by atoms with E-state index in [-0.39, 0.29) is 17.9 Å². The lowest BCUT2D eigenvalue weighted by Gasteiger charge is -2.22. The zero-order valence-electron chi connectivity index (χ0n) is 23.3. The maximum absolute atomic E-state index is 14.2. The number of ketones is 1. The van der Waals surface area contributed by atoms with Crippen molar-refractivity contribution in [1.82, 2.24) is 19.9 Å². The van der Waals surface area contributed by atoms with Gasteiger partial charge in [0.05, 0.1) is 11.3 Å². The number of halogens is 3. The van der Waals surface area contributed by atoms with Crippen molar-refractivity contribution in [3.05, 3.63) is 112 Å². The van der Waals surface area contributed by atoms with Crippen LogP contribution in [0.1, 0.15) is 69.2 Å². The van der Waals surface area contributed by atoms with Crippen molar-refractivity contribution in [2.45, 2.75) is 51.1 Å². The maximum Gasteiger partial charge on any atom is 0.417 e. The van der Waals surface area contributed by atoms with Gasteiger partial charge < -0.3 is 4.90 Å². The van der Waals surface area contributed by atoms with Crippen molar-refractivity contribution < 1.29 is 18.0 Å². The molecule has 1 saturated heterocycles. The van der Waals surface area contributed by atoms with E-state index < -0.39 is 17.5 Å². The number of alkyl halides is 3. The number of nitrogens with zero attached hydrogens (tertiary/aromatic N) is 4. The van der Waals surface area contributed by atoms with Crippen LogP contribution >= 0.6 is 0 Å². The summed E-state index contributed by atoms with van der Waals surface area (Å²) in [7, 11) is 2.00. The Kier molecular flexibility index (Phi) is 8.59. The van der Waals surface area contributed by atoms with Gasteiger partial charge in [0, 0.05) is 49.1 Å². The molecule has 0 spiro atoms. The highest BCUT2D eigenvalue weighted by Gasteiger charge is 2.36. The highest BCUT2D eigenvalue weighted by atomic mass is 19.4. The number of hydrogen-bond acceptors (Lipinski definition) is 5. The molecule has 1 fully saturated rings. The fourth-order valence-electron chi connectivity index (χ4n) is 5.53. The SMILES string of the molecule is Cc1ccc(CC(=O)c2ccc(C3CCCCN(C)C3)cc2C(F)(F)F)cc1Cc1nccc(-c2cccnc2)n1. The Labute approximate surface area is 238 Å². The van der Waals surface area contributed by atoms with E-state index in [9.17, 15) is 18.0 Å². The topological polar surface area (TPSA) is 59.0 Å². The Bertz CT molecular complexity index is 1520. The molecule has 1 aliphatic heterocycles. The molecule has 5 nitrogen and oxygen atoms in total. The Morgan fingerprint density at radius 3 is 2.68 bits per heavy atom. The van der Waals surface area contributed by atoms with Gasteiger partial charge in [-0.25, -0.2) is 9.97 Å². The molecular formula is C33H33F3N4O. The third-order valence-corrected chi connectivity index (χ3v) is 7.78. The molecule has 5 rings (SSSR count). The molecule has 2 aromatic heterocycles. The number of carbonyl (C=O) groups excluding carboxylic acids is 1. The number of likely N-dealkylation sites (N-methyl/N-ethyl adjacent to an activating group) is 1. The summed E-state index contributed by atoms with van der Waals surface area (Å²) < 4.78 is 42.6. The van der Waals surface area contributed by atoms with Crippen LogP contribution < -0.4 is 0 Å². The van der Waals surface area contributed by atoms with Crippen LogP contribution in [0, 0.1) is 6.92 Å². The first-order valence-corrected chi connectivity index (χ1v) is 13.9. The van der Waals surface area contributed by atoms with Gasteiger partial charge in [0.15, 0.2) is 5.78 Å². The van der Waals surface area contributed by atoms with Crippen LogP contribution in [0.5, 0.6) is 0 Å². The number of pyridine rings is 1. The molecule has 8 heteroatoms. The smallest absolute Gasteiger partial charge is 0.306 e. The molecule has 1 unspecified atom stereocenters. The summed E-state index contributed by atoms with van der Waals surface area (Å²) in [5.41, 5.74) is 3.72. The highest BCUT2D eigenvalue weighted by molar-refractivity contribution is 5.99. The summed E-state index contributed by atoms with van der Waals surface area (Å²) >= 11 is 0. The minimum Gasteiger partial charge on any atom is -0.306 e. The number of rotatable bonds is 7. The van der Waals surface area contributed by atoms with Gasteiger partial charge in [0.2, 0.25) is 0 Å². The predicted molar refractivity (Wildman–Crippen MR) is 153 cm³/mol. The van der Waals surface area contributed by atoms with Crippen LogP contribution in [-0.4, -0.2) is 45.8 Å². The average molecular weight is 559 g/mol. The first-order chi connectivity index (χ1) is 19.7. The molecule has 3 heterocycles. The number of aryl methyl sites for hydroxylation is 1. The minimum atomic E-state index is -4.62. The molecule has 41 heavy (non-hydrogen) atoms. The summed E-state index contributed by atoms with van der Waals surface area (Å²) in [5, 5.41) is 0. The molecule has 4 aromatic rings. The number of likely N-dealkylation sites (tertiary alicyclic amines) is 1. The summed E-state index contributed by atoms with van der Waals surface area (Å²) in [6, 6.07) is 15.4. The summed E-state index contributed by atoms with van der Waals surface area (Å²) in [6.45, 7) is 3.61. The lowest BCUT2D eigenvalue weighted by Crippen LogP contribution is -2.23. The van der Waals surface area contributed by atoms with E-state index in [0.29, 0.717) is 29.9 Å². The normalized spacial score (nSPS) is 16.4. The van der Waals surface area contributed by atoms with Gasteiger partial charge in [-0.3, -0.25) is 9.78 Å². The third-order valence-electron chi connectivity index (χ3n) is 7.78. The van der Waals surface area contributed by atoms with E-state index in [0.717, 1.165) is 48.2 Å². The first-order valence-electron chi connectivity index (χ1n) is 13.9. The zero-order chi connectivity index (χ0) is 29.0. The van der Waals surface area contributed by atoms with Crippen LogP contribution in [-0.2, 0) is 19.0 Å². The molecule has 0 N–H and O–H groups in total. The van der Waals surface area contributed by atoms with Gasteiger partial charge in [0.25, 0.3) is 0 Å². The fraction of sp³-hybridized carbons (Fsp3) is 0.333. The molecule has 212 valence electrons. The molecule has 0 bridgehead atoms. The Balaban J connectivity index is 1.37.